The second-order valence-corrected chi connectivity index (χ2v) is 5.03. The molecular weight excluding hydrogens is 190 g/mol. The van der Waals surface area contributed by atoms with Gasteiger partial charge in [-0.15, -0.1) is 0 Å². The SMILES string of the molecule is CC[CH]C1CCCN1C(=O)OC(C)(C)C. The Balaban J connectivity index is 2.51. The molecule has 3 nitrogen and oxygen atoms in total. The van der Waals surface area contributed by atoms with E-state index < -0.39 is 5.60 Å². The molecule has 87 valence electrons. The van der Waals surface area contributed by atoms with E-state index in [4.69, 9.17) is 4.74 Å². The van der Waals surface area contributed by atoms with Crippen molar-refractivity contribution in [1.82, 2.24) is 4.90 Å². The zero-order chi connectivity index (χ0) is 11.5. The Bertz CT molecular complexity index is 220. The number of rotatable bonds is 2. The van der Waals surface area contributed by atoms with Crippen LogP contribution in [0.3, 0.4) is 0 Å². The van der Waals surface area contributed by atoms with Gasteiger partial charge in [0, 0.05) is 12.6 Å². The van der Waals surface area contributed by atoms with Crippen molar-refractivity contribution in [3.05, 3.63) is 6.42 Å². The van der Waals surface area contributed by atoms with Crippen LogP contribution in [0.5, 0.6) is 0 Å². The van der Waals surface area contributed by atoms with Crippen molar-refractivity contribution in [2.75, 3.05) is 6.54 Å². The fourth-order valence-corrected chi connectivity index (χ4v) is 1.86. The van der Waals surface area contributed by atoms with Crippen LogP contribution in [0.2, 0.25) is 0 Å². The van der Waals surface area contributed by atoms with Gasteiger partial charge in [-0.25, -0.2) is 4.79 Å². The van der Waals surface area contributed by atoms with Crippen molar-refractivity contribution < 1.29 is 9.53 Å². The second-order valence-electron chi connectivity index (χ2n) is 5.03. The van der Waals surface area contributed by atoms with Gasteiger partial charge in [0.15, 0.2) is 0 Å². The molecule has 0 N–H and O–H groups in total. The summed E-state index contributed by atoms with van der Waals surface area (Å²) in [5.41, 5.74) is -0.392. The van der Waals surface area contributed by atoms with Gasteiger partial charge in [-0.05, 0) is 40.0 Å². The first kappa shape index (κ1) is 12.3. The molecule has 0 aromatic rings. The number of likely N-dealkylation sites (tertiary alicyclic amines) is 1. The summed E-state index contributed by atoms with van der Waals surface area (Å²) in [6.07, 6.45) is 5.18. The van der Waals surface area contributed by atoms with E-state index in [2.05, 4.69) is 13.3 Å². The third-order valence-electron chi connectivity index (χ3n) is 2.44. The molecule has 1 heterocycles. The molecule has 3 heteroatoms. The van der Waals surface area contributed by atoms with Crippen LogP contribution in [0.25, 0.3) is 0 Å². The number of amides is 1. The topological polar surface area (TPSA) is 29.5 Å². The highest BCUT2D eigenvalue weighted by Crippen LogP contribution is 2.23. The average Bonchev–Trinajstić information content (AvgIpc) is 2.49. The Kier molecular flexibility index (Phi) is 4.00. The minimum absolute atomic E-state index is 0.172. The van der Waals surface area contributed by atoms with Crippen LogP contribution in [0, 0.1) is 6.42 Å². The van der Waals surface area contributed by atoms with Gasteiger partial charge in [-0.3, -0.25) is 0 Å². The molecular formula is C12H22NO2. The lowest BCUT2D eigenvalue weighted by Crippen LogP contribution is -2.39. The standard InChI is InChI=1S/C12H22NO2/c1-5-7-10-8-6-9-13(10)11(14)15-12(2,3)4/h7,10H,5-6,8-9H2,1-4H3. The molecule has 1 saturated heterocycles. The van der Waals surface area contributed by atoms with Crippen LogP contribution in [-0.4, -0.2) is 29.2 Å². The molecule has 1 atom stereocenters. The summed E-state index contributed by atoms with van der Waals surface area (Å²) in [6, 6.07) is 0.282. The Morgan fingerprint density at radius 1 is 1.53 bits per heavy atom. The van der Waals surface area contributed by atoms with Gasteiger partial charge in [0.25, 0.3) is 0 Å². The zero-order valence-electron chi connectivity index (χ0n) is 10.2. The number of hydrogen-bond acceptors (Lipinski definition) is 2. The van der Waals surface area contributed by atoms with Gasteiger partial charge in [0.1, 0.15) is 5.60 Å². The maximum atomic E-state index is 11.8. The summed E-state index contributed by atoms with van der Waals surface area (Å²) in [7, 11) is 0. The highest BCUT2D eigenvalue weighted by molar-refractivity contribution is 5.69. The van der Waals surface area contributed by atoms with Gasteiger partial charge in [-0.2, -0.15) is 0 Å². The molecule has 0 saturated carbocycles. The van der Waals surface area contributed by atoms with E-state index in [1.807, 2.05) is 25.7 Å². The molecule has 0 spiro atoms. The van der Waals surface area contributed by atoms with Crippen LogP contribution in [0.1, 0.15) is 47.0 Å². The fraction of sp³-hybridized carbons (Fsp3) is 0.833. The smallest absolute Gasteiger partial charge is 0.410 e. The third kappa shape index (κ3) is 3.73. The minimum atomic E-state index is -0.392. The molecule has 1 unspecified atom stereocenters. The molecule has 1 fully saturated rings. The van der Waals surface area contributed by atoms with E-state index in [0.717, 1.165) is 25.8 Å². The monoisotopic (exact) mass is 212 g/mol. The molecule has 0 bridgehead atoms. The summed E-state index contributed by atoms with van der Waals surface area (Å²) in [5.74, 6) is 0. The van der Waals surface area contributed by atoms with E-state index in [0.29, 0.717) is 0 Å². The predicted molar refractivity (Wildman–Crippen MR) is 60.6 cm³/mol. The van der Waals surface area contributed by atoms with Gasteiger partial charge in [-0.1, -0.05) is 13.3 Å². The molecule has 1 aliphatic heterocycles. The first-order valence-corrected chi connectivity index (χ1v) is 5.77. The van der Waals surface area contributed by atoms with Gasteiger partial charge < -0.3 is 9.64 Å². The normalized spacial score (nSPS) is 21.9. The largest absolute Gasteiger partial charge is 0.444 e. The van der Waals surface area contributed by atoms with Crippen LogP contribution in [-0.2, 0) is 4.74 Å². The van der Waals surface area contributed by atoms with E-state index in [1.54, 1.807) is 0 Å². The maximum absolute atomic E-state index is 11.8. The van der Waals surface area contributed by atoms with E-state index in [1.165, 1.54) is 0 Å². The molecule has 1 rings (SSSR count). The second kappa shape index (κ2) is 4.86. The van der Waals surface area contributed by atoms with Crippen molar-refractivity contribution in [3.63, 3.8) is 0 Å². The Morgan fingerprint density at radius 2 is 2.20 bits per heavy atom. The number of hydrogen-bond donors (Lipinski definition) is 0. The predicted octanol–water partition coefficient (Wildman–Crippen LogP) is 3.00. The van der Waals surface area contributed by atoms with Gasteiger partial charge in [0.05, 0.1) is 0 Å². The molecule has 0 aromatic carbocycles. The lowest BCUT2D eigenvalue weighted by atomic mass is 10.1. The molecule has 0 aliphatic carbocycles. The summed E-state index contributed by atoms with van der Waals surface area (Å²) < 4.78 is 5.37. The van der Waals surface area contributed by atoms with Crippen molar-refractivity contribution in [1.29, 1.82) is 0 Å². The van der Waals surface area contributed by atoms with E-state index >= 15 is 0 Å². The first-order valence-electron chi connectivity index (χ1n) is 5.77. The highest BCUT2D eigenvalue weighted by Gasteiger charge is 2.31. The molecule has 1 aliphatic rings. The number of ether oxygens (including phenoxy) is 1. The fourth-order valence-electron chi connectivity index (χ4n) is 1.86. The molecule has 1 radical (unpaired) electrons. The summed E-state index contributed by atoms with van der Waals surface area (Å²) >= 11 is 0. The number of nitrogens with zero attached hydrogens (tertiary/aromatic N) is 1. The summed E-state index contributed by atoms with van der Waals surface area (Å²) in [6.45, 7) is 8.64. The van der Waals surface area contributed by atoms with Crippen molar-refractivity contribution in [2.45, 2.75) is 58.6 Å². The Morgan fingerprint density at radius 3 is 2.73 bits per heavy atom. The van der Waals surface area contributed by atoms with E-state index in [-0.39, 0.29) is 12.1 Å². The lowest BCUT2D eigenvalue weighted by Gasteiger charge is -2.28. The van der Waals surface area contributed by atoms with Crippen LogP contribution >= 0.6 is 0 Å². The van der Waals surface area contributed by atoms with Crippen molar-refractivity contribution in [3.8, 4) is 0 Å². The Labute approximate surface area is 92.8 Å². The minimum Gasteiger partial charge on any atom is -0.444 e. The van der Waals surface area contributed by atoms with Crippen LogP contribution in [0.15, 0.2) is 0 Å². The van der Waals surface area contributed by atoms with Crippen molar-refractivity contribution >= 4 is 6.09 Å². The molecule has 15 heavy (non-hydrogen) atoms. The molecule has 0 aromatic heterocycles. The average molecular weight is 212 g/mol. The highest BCUT2D eigenvalue weighted by atomic mass is 16.6. The lowest BCUT2D eigenvalue weighted by molar-refractivity contribution is 0.0245. The van der Waals surface area contributed by atoms with Crippen LogP contribution in [0.4, 0.5) is 4.79 Å². The van der Waals surface area contributed by atoms with Gasteiger partial charge >= 0.3 is 6.09 Å². The number of carbonyl (C=O) groups excluding carboxylic acids is 1. The van der Waals surface area contributed by atoms with E-state index in [9.17, 15) is 4.79 Å². The summed E-state index contributed by atoms with van der Waals surface area (Å²) in [5, 5.41) is 0. The quantitative estimate of drug-likeness (QED) is 0.704. The molecule has 1 amide bonds. The maximum Gasteiger partial charge on any atom is 0.410 e. The number of carbonyl (C=O) groups is 1. The Hall–Kier alpha value is -0.730. The van der Waals surface area contributed by atoms with Crippen LogP contribution < -0.4 is 0 Å². The zero-order valence-corrected chi connectivity index (χ0v) is 10.2. The van der Waals surface area contributed by atoms with Gasteiger partial charge in [0.2, 0.25) is 0 Å². The summed E-state index contributed by atoms with van der Waals surface area (Å²) in [4.78, 5) is 13.7. The van der Waals surface area contributed by atoms with Crippen molar-refractivity contribution in [2.24, 2.45) is 0 Å². The third-order valence-corrected chi connectivity index (χ3v) is 2.44. The first-order chi connectivity index (χ1) is 6.94.